The molecule has 2 aliphatic carbocycles. The van der Waals surface area contributed by atoms with E-state index in [0.29, 0.717) is 26.4 Å². The first-order chi connectivity index (χ1) is 41.5. The number of nitrogens with zero attached hydrogens (tertiary/aromatic N) is 2. The van der Waals surface area contributed by atoms with Gasteiger partial charge in [0.2, 0.25) is 0 Å². The number of unbranched alkanes of at least 4 members (excludes halogenated alkanes) is 12. The summed E-state index contributed by atoms with van der Waals surface area (Å²) in [5.74, 6) is 3.18. The summed E-state index contributed by atoms with van der Waals surface area (Å²) in [5.41, 5.74) is 19.2. The van der Waals surface area contributed by atoms with Gasteiger partial charge in [-0.05, 0) is 119 Å². The lowest BCUT2D eigenvalue weighted by Gasteiger charge is -2.33. The Hall–Kier alpha value is -3.61. The molecule has 8 nitrogen and oxygen atoms in total. The van der Waals surface area contributed by atoms with Crippen molar-refractivity contribution in [2.45, 2.75) is 139 Å². The van der Waals surface area contributed by atoms with Gasteiger partial charge in [0, 0.05) is 32.2 Å². The third-order valence-electron chi connectivity index (χ3n) is 18.3. The van der Waals surface area contributed by atoms with Crippen LogP contribution in [0.25, 0.3) is 75.0 Å². The summed E-state index contributed by atoms with van der Waals surface area (Å²) in [4.78, 5) is 4.16. The summed E-state index contributed by atoms with van der Waals surface area (Å²) in [6, 6.07) is 33.1. The van der Waals surface area contributed by atoms with E-state index in [1.165, 1.54) is 182 Å². The Bertz CT molecular complexity index is 3400. The Morgan fingerprint density at radius 1 is 0.393 bits per heavy atom. The number of benzene rings is 5. The first-order valence-electron chi connectivity index (χ1n) is 30.6. The first kappa shape index (κ1) is 59.4. The average molecular weight is 1460 g/mol. The molecule has 0 unspecified atom stereocenters. The summed E-state index contributed by atoms with van der Waals surface area (Å²) in [6.45, 7) is 1.91. The highest BCUT2D eigenvalue weighted by Gasteiger charge is 2.45. The molecule has 0 bridgehead atoms. The van der Waals surface area contributed by atoms with Crippen LogP contribution in [-0.2, 0) is 10.8 Å². The van der Waals surface area contributed by atoms with Crippen LogP contribution in [-0.4, -0.2) is 56.5 Å². The Morgan fingerprint density at radius 3 is 1.12 bits per heavy atom. The van der Waals surface area contributed by atoms with Gasteiger partial charge in [-0.3, -0.25) is 0 Å². The summed E-state index contributed by atoms with van der Waals surface area (Å²) in [7, 11) is 0. The Balaban J connectivity index is 0.904. The fraction of sp³-hybridized carbons (Fsp3) is 0.441. The molecular weight excluding hydrogens is 1380 g/mol. The molecule has 5 aromatic carbocycles. The molecule has 0 fully saturated rings. The Labute approximate surface area is 545 Å². The summed E-state index contributed by atoms with van der Waals surface area (Å²) >= 11 is 21.0. The minimum Gasteiger partial charge on any atom is -0.485 e. The van der Waals surface area contributed by atoms with E-state index in [0.717, 1.165) is 123 Å². The van der Waals surface area contributed by atoms with Gasteiger partial charge in [0.25, 0.3) is 0 Å². The van der Waals surface area contributed by atoms with E-state index >= 15 is 0 Å². The van der Waals surface area contributed by atoms with Crippen LogP contribution in [0.3, 0.4) is 0 Å². The van der Waals surface area contributed by atoms with Crippen molar-refractivity contribution in [2.75, 3.05) is 57.2 Å². The molecular formula is C68H72Br4N4O4S4. The molecule has 16 heteroatoms. The normalized spacial score (nSPS) is 15.4. The molecule has 5 aliphatic rings. The highest BCUT2D eigenvalue weighted by molar-refractivity contribution is 9.09. The number of hydrogen-bond acceptors (Lipinski definition) is 12. The highest BCUT2D eigenvalue weighted by atomic mass is 79.9. The number of halogens is 4. The van der Waals surface area contributed by atoms with Crippen LogP contribution in [0.2, 0.25) is 0 Å². The predicted octanol–water partition coefficient (Wildman–Crippen LogP) is 22.3. The van der Waals surface area contributed by atoms with Gasteiger partial charge in [-0.15, -0.1) is 22.7 Å². The maximum absolute atomic E-state index is 6.78. The number of fused-ring (bicyclic) bond motifs is 10. The molecule has 0 spiro atoms. The van der Waals surface area contributed by atoms with Crippen LogP contribution in [0, 0.1) is 0 Å². The van der Waals surface area contributed by atoms with Crippen LogP contribution in [0.1, 0.15) is 151 Å². The Morgan fingerprint density at radius 2 is 0.738 bits per heavy atom. The number of alkyl halides is 4. The van der Waals surface area contributed by atoms with Gasteiger partial charge in [0.05, 0.1) is 65.9 Å². The summed E-state index contributed by atoms with van der Waals surface area (Å²) < 4.78 is 44.9. The minimum absolute atomic E-state index is 0.0601. The second-order valence-electron chi connectivity index (χ2n) is 23.2. The zero-order chi connectivity index (χ0) is 57.0. The van der Waals surface area contributed by atoms with E-state index in [4.69, 9.17) is 27.7 Å². The van der Waals surface area contributed by atoms with Crippen molar-refractivity contribution < 1.29 is 18.9 Å². The number of anilines is 2. The quantitative estimate of drug-likeness (QED) is 0.0283. The molecule has 2 N–H and O–H groups in total. The standard InChI is InChI=1S/C68H72Br4N4O4S4/c69-33-17-5-1-13-29-67(30-14-2-6-18-34-70)49-23-11-9-21-45(49)47-27-25-43(41-51(47)67)63-59-61(79-39-37-77-59)65(81-63)53-55-57(75-83-73-55)54(58-56(53)74-84-76-58)66-62-60(78-38-40-80-62)64(82-66)44-26-28-48-46-22-10-12-24-50(46)68(52(48)42-44,31-15-3-7-19-35-71)32-16-4-8-20-36-72/h9-12,21-28,41-42,73,75H,1-8,13-20,29-40H2. The van der Waals surface area contributed by atoms with E-state index in [9.17, 15) is 0 Å². The van der Waals surface area contributed by atoms with E-state index in [2.05, 4.69) is 158 Å². The Kier molecular flexibility index (Phi) is 19.1. The molecule has 6 heterocycles. The van der Waals surface area contributed by atoms with Crippen molar-refractivity contribution in [1.29, 1.82) is 0 Å². The van der Waals surface area contributed by atoms with Crippen LogP contribution >= 0.6 is 110 Å². The minimum atomic E-state index is -0.0601. The SMILES string of the molecule is BrCCCCCCC1(CCCCCCBr)c2ccccc2-c2ccc(-c3sc(-c4c5c(c(-c6sc(-c7ccc8c(c7)C(CCCCCCBr)(CCCCCCBr)c7ccccc7-8)c7c6OCCO7)c6nsnc46)NSN5)c4c3OCCO4)cc21. The number of ether oxygens (including phenoxy) is 4. The van der Waals surface area contributed by atoms with Crippen molar-refractivity contribution in [2.24, 2.45) is 0 Å². The molecule has 3 aromatic heterocycles. The van der Waals surface area contributed by atoms with Gasteiger partial charge in [-0.25, -0.2) is 0 Å². The van der Waals surface area contributed by atoms with E-state index in [-0.39, 0.29) is 10.8 Å². The fourth-order valence-corrected chi connectivity index (χ4v) is 19.7. The molecule has 0 atom stereocenters. The second kappa shape index (κ2) is 27.0. The summed E-state index contributed by atoms with van der Waals surface area (Å²) in [6.07, 6.45) is 24.2. The third kappa shape index (κ3) is 11.0. The lowest BCUT2D eigenvalue weighted by molar-refractivity contribution is 0.175. The van der Waals surface area contributed by atoms with E-state index < -0.39 is 0 Å². The van der Waals surface area contributed by atoms with Crippen LogP contribution < -0.4 is 28.4 Å². The third-order valence-corrected chi connectivity index (χ3v) is 24.1. The highest BCUT2D eigenvalue weighted by Crippen LogP contribution is 2.65. The molecule has 3 aliphatic heterocycles. The first-order valence-corrected chi connectivity index (χ1v) is 38.3. The van der Waals surface area contributed by atoms with Gasteiger partial charge in [0.1, 0.15) is 37.5 Å². The lowest BCUT2D eigenvalue weighted by Crippen LogP contribution is -2.25. The van der Waals surface area contributed by atoms with Crippen molar-refractivity contribution in [3.8, 4) is 87.0 Å². The second-order valence-corrected chi connectivity index (χ2v) is 29.5. The van der Waals surface area contributed by atoms with Crippen molar-refractivity contribution >= 4 is 133 Å². The van der Waals surface area contributed by atoms with Gasteiger partial charge < -0.3 is 28.4 Å². The van der Waals surface area contributed by atoms with Crippen molar-refractivity contribution in [3.05, 3.63) is 107 Å². The fourth-order valence-electron chi connectivity index (χ4n) is 14.4. The molecule has 0 radical (unpaired) electrons. The number of thiophene rings is 2. The van der Waals surface area contributed by atoms with Gasteiger partial charge in [0.15, 0.2) is 23.0 Å². The molecule has 0 saturated carbocycles. The molecule has 0 saturated heterocycles. The topological polar surface area (TPSA) is 86.8 Å². The predicted molar refractivity (Wildman–Crippen MR) is 372 cm³/mol. The summed E-state index contributed by atoms with van der Waals surface area (Å²) in [5, 5.41) is 4.26. The zero-order valence-corrected chi connectivity index (χ0v) is 57.2. The monoisotopic (exact) mass is 1450 g/mol. The van der Waals surface area contributed by atoms with E-state index in [1.807, 2.05) is 0 Å². The van der Waals surface area contributed by atoms with Gasteiger partial charge in [-0.2, -0.15) is 8.75 Å². The number of rotatable bonds is 28. The van der Waals surface area contributed by atoms with Crippen molar-refractivity contribution in [3.63, 3.8) is 0 Å². The average Bonchev–Trinajstić information content (AvgIpc) is 4.01. The zero-order valence-electron chi connectivity index (χ0n) is 47.6. The molecule has 0 amide bonds. The van der Waals surface area contributed by atoms with E-state index in [1.54, 1.807) is 22.7 Å². The van der Waals surface area contributed by atoms with Gasteiger partial charge >= 0.3 is 0 Å². The van der Waals surface area contributed by atoms with Crippen LogP contribution in [0.4, 0.5) is 11.4 Å². The maximum atomic E-state index is 6.78. The number of aromatic nitrogens is 2. The van der Waals surface area contributed by atoms with Crippen LogP contribution in [0.5, 0.6) is 23.0 Å². The van der Waals surface area contributed by atoms with Gasteiger partial charge in [-0.1, -0.05) is 214 Å². The number of nitrogens with one attached hydrogen (secondary N) is 2. The lowest BCUT2D eigenvalue weighted by atomic mass is 9.70. The smallest absolute Gasteiger partial charge is 0.180 e. The largest absolute Gasteiger partial charge is 0.485 e. The molecule has 84 heavy (non-hydrogen) atoms. The molecule has 8 aromatic rings. The maximum Gasteiger partial charge on any atom is 0.180 e. The van der Waals surface area contributed by atoms with Crippen LogP contribution in [0.15, 0.2) is 84.9 Å². The number of hydrogen-bond donors (Lipinski definition) is 2. The van der Waals surface area contributed by atoms with Crippen molar-refractivity contribution in [1.82, 2.24) is 8.75 Å². The molecule has 440 valence electrons. The molecule has 13 rings (SSSR count).